The number of rotatable bonds is 1. The van der Waals surface area contributed by atoms with Crippen LogP contribution in [0.15, 0.2) is 24.3 Å². The molecule has 0 aliphatic heterocycles. The molecule has 0 saturated heterocycles. The number of isocyanates is 2. The Bertz CT molecular complexity index is 392. The third-order valence-corrected chi connectivity index (χ3v) is 1.12. The number of benzene rings is 1. The average Bonchev–Trinajstić information content (AvgIpc) is 2.20. The fourth-order valence-electron chi connectivity index (χ4n) is 0.643. The predicted octanol–water partition coefficient (Wildman–Crippen LogP) is 0.242. The number of aromatic carboxylic acids is 1. The Morgan fingerprint density at radius 3 is 1.81 bits per heavy atom. The molecule has 0 aliphatic carbocycles. The van der Waals surface area contributed by atoms with Gasteiger partial charge >= 0.3 is 5.97 Å². The predicted molar refractivity (Wildman–Crippen MR) is 51.0 cm³/mol. The standard InChI is InChI=1S/C7H6O3.2CNO/c8-6-4-2-1-3-5(6)7(9)10;2*2-1-3/h1-4,8H,(H,9,10);;/q;2*-1/p-1. The summed E-state index contributed by atoms with van der Waals surface area (Å²) in [5, 5.41) is 32.6. The normalized spacial score (nSPS) is 6.75. The third kappa shape index (κ3) is 7.88. The van der Waals surface area contributed by atoms with Crippen molar-refractivity contribution in [1.82, 2.24) is 0 Å². The lowest BCUT2D eigenvalue weighted by Gasteiger charge is -2.07. The monoisotopic (exact) mass is 221 g/mol. The van der Waals surface area contributed by atoms with Gasteiger partial charge in [-0.1, -0.05) is 23.9 Å². The molecule has 0 saturated carbocycles. The maximum atomic E-state index is 10.7. The zero-order valence-electron chi connectivity index (χ0n) is 7.78. The van der Waals surface area contributed by atoms with Gasteiger partial charge in [0.2, 0.25) is 0 Å². The van der Waals surface area contributed by atoms with E-state index in [-0.39, 0.29) is 5.56 Å². The van der Waals surface area contributed by atoms with Crippen LogP contribution in [0.5, 0.6) is 5.75 Å². The molecule has 7 heteroatoms. The summed E-state index contributed by atoms with van der Waals surface area (Å²) in [6, 6.07) is 5.54. The van der Waals surface area contributed by atoms with Gasteiger partial charge in [-0.05, 0) is 18.2 Å². The number of carbonyl (C=O) groups is 1. The van der Waals surface area contributed by atoms with Crippen LogP contribution in [-0.4, -0.2) is 23.2 Å². The second-order valence-corrected chi connectivity index (χ2v) is 1.98. The molecule has 16 heavy (non-hydrogen) atoms. The van der Waals surface area contributed by atoms with Crippen LogP contribution in [-0.2, 0) is 9.59 Å². The molecule has 1 rings (SSSR count). The first-order valence-electron chi connectivity index (χ1n) is 3.56. The van der Waals surface area contributed by atoms with Gasteiger partial charge < -0.3 is 21.0 Å². The molecule has 0 atom stereocenters. The van der Waals surface area contributed by atoms with E-state index in [4.69, 9.17) is 25.5 Å². The smallest absolute Gasteiger partial charge is 0.335 e. The van der Waals surface area contributed by atoms with Crippen molar-refractivity contribution in [3.63, 3.8) is 0 Å². The van der Waals surface area contributed by atoms with Crippen molar-refractivity contribution < 1.29 is 24.6 Å². The molecule has 0 aliphatic rings. The van der Waals surface area contributed by atoms with E-state index in [0.29, 0.717) is 12.2 Å². The van der Waals surface area contributed by atoms with Gasteiger partial charge in [0.15, 0.2) is 0 Å². The quantitative estimate of drug-likeness (QED) is 0.534. The first kappa shape index (κ1) is 15.7. The molecule has 1 aromatic rings. The molecule has 0 radical (unpaired) electrons. The van der Waals surface area contributed by atoms with Crippen LogP contribution in [0.2, 0.25) is 0 Å². The van der Waals surface area contributed by atoms with Gasteiger partial charge in [-0.3, -0.25) is 9.59 Å². The Hall–Kier alpha value is -2.75. The van der Waals surface area contributed by atoms with Gasteiger partial charge in [-0.25, -0.2) is 4.79 Å². The SMILES string of the molecule is O=C(O)c1ccccc1[O-].[N-]=C=O.[N-]=C=O. The molecular weight excluding hydrogens is 216 g/mol. The maximum Gasteiger partial charge on any atom is 0.335 e. The fourth-order valence-corrected chi connectivity index (χ4v) is 0.643. The third-order valence-electron chi connectivity index (χ3n) is 1.12. The highest BCUT2D eigenvalue weighted by molar-refractivity contribution is 5.90. The summed E-state index contributed by atoms with van der Waals surface area (Å²) in [4.78, 5) is 26.7. The molecule has 0 spiro atoms. The molecule has 1 N–H and O–H groups in total. The van der Waals surface area contributed by atoms with Gasteiger partial charge in [0, 0.05) is 0 Å². The van der Waals surface area contributed by atoms with E-state index in [1.807, 2.05) is 0 Å². The number of hydrogen-bond donors (Lipinski definition) is 1. The van der Waals surface area contributed by atoms with E-state index in [1.54, 1.807) is 0 Å². The molecule has 0 aromatic heterocycles. The molecule has 0 fully saturated rings. The minimum Gasteiger partial charge on any atom is -0.872 e. The van der Waals surface area contributed by atoms with E-state index < -0.39 is 11.7 Å². The zero-order valence-corrected chi connectivity index (χ0v) is 7.78. The van der Waals surface area contributed by atoms with Crippen molar-refractivity contribution in [2.24, 2.45) is 0 Å². The van der Waals surface area contributed by atoms with E-state index >= 15 is 0 Å². The second kappa shape index (κ2) is 10.3. The Kier molecular flexibility index (Phi) is 10.1. The van der Waals surface area contributed by atoms with E-state index in [1.165, 1.54) is 24.3 Å². The topological polar surface area (TPSA) is 139 Å². The van der Waals surface area contributed by atoms with Gasteiger partial charge in [0.25, 0.3) is 0 Å². The highest BCUT2D eigenvalue weighted by Crippen LogP contribution is 2.10. The van der Waals surface area contributed by atoms with Crippen molar-refractivity contribution >= 4 is 18.1 Å². The first-order chi connectivity index (χ1) is 7.54. The van der Waals surface area contributed by atoms with Gasteiger partial charge in [-0.2, -0.15) is 0 Å². The van der Waals surface area contributed by atoms with Crippen LogP contribution in [0, 0.1) is 0 Å². The molecule has 0 unspecified atom stereocenters. The lowest BCUT2D eigenvalue weighted by Crippen LogP contribution is -2.02. The first-order valence-corrected chi connectivity index (χ1v) is 3.56. The summed E-state index contributed by atoms with van der Waals surface area (Å²) >= 11 is 0. The van der Waals surface area contributed by atoms with Crippen LogP contribution in [0.3, 0.4) is 0 Å². The summed E-state index contributed by atoms with van der Waals surface area (Å²) in [5.74, 6) is -1.62. The van der Waals surface area contributed by atoms with Crippen molar-refractivity contribution in [1.29, 1.82) is 0 Å². The summed E-state index contributed by atoms with van der Waals surface area (Å²) in [6.07, 6.45) is 1.00. The maximum absolute atomic E-state index is 10.7. The fraction of sp³-hybridized carbons (Fsp3) is 0. The Morgan fingerprint density at radius 1 is 1.19 bits per heavy atom. The van der Waals surface area contributed by atoms with E-state index in [2.05, 4.69) is 0 Å². The van der Waals surface area contributed by atoms with E-state index in [0.717, 1.165) is 0 Å². The Balaban J connectivity index is 0. The van der Waals surface area contributed by atoms with Gasteiger partial charge in [0.05, 0.1) is 5.56 Å². The number of carboxylic acid groups (broad SMARTS) is 1. The largest absolute Gasteiger partial charge is 0.872 e. The molecule has 1 aromatic carbocycles. The van der Waals surface area contributed by atoms with Crippen molar-refractivity contribution in [2.45, 2.75) is 0 Å². The number of nitrogens with zero attached hydrogens (tertiary/aromatic N) is 2. The van der Waals surface area contributed by atoms with Gasteiger partial charge in [-0.15, -0.1) is 0 Å². The number of carbonyl (C=O) groups excluding carboxylic acids is 2. The average molecular weight is 221 g/mol. The zero-order chi connectivity index (χ0) is 13.0. The van der Waals surface area contributed by atoms with Gasteiger partial charge in [0.1, 0.15) is 0 Å². The molecule has 0 bridgehead atoms. The summed E-state index contributed by atoms with van der Waals surface area (Å²) in [5.41, 5.74) is -0.178. The van der Waals surface area contributed by atoms with Crippen molar-refractivity contribution in [2.75, 3.05) is 0 Å². The minimum atomic E-state index is -1.18. The summed E-state index contributed by atoms with van der Waals surface area (Å²) in [6.45, 7) is 0. The van der Waals surface area contributed by atoms with Crippen LogP contribution in [0.1, 0.15) is 10.4 Å². The van der Waals surface area contributed by atoms with Crippen molar-refractivity contribution in [3.8, 4) is 5.75 Å². The number of hydrogen-bond acceptors (Lipinski definition) is 4. The molecule has 0 heterocycles. The molecular formula is C9H5N2O5-3. The highest BCUT2D eigenvalue weighted by atomic mass is 16.4. The lowest BCUT2D eigenvalue weighted by molar-refractivity contribution is -0.268. The number of carboxylic acids is 1. The van der Waals surface area contributed by atoms with Crippen LogP contribution < -0.4 is 5.11 Å². The molecule has 84 valence electrons. The molecule has 7 nitrogen and oxygen atoms in total. The Labute approximate surface area is 90.0 Å². The lowest BCUT2D eigenvalue weighted by atomic mass is 10.2. The van der Waals surface area contributed by atoms with Crippen molar-refractivity contribution in [3.05, 3.63) is 40.6 Å². The number of para-hydroxylation sites is 1. The van der Waals surface area contributed by atoms with Crippen LogP contribution >= 0.6 is 0 Å². The Morgan fingerprint density at radius 2 is 1.56 bits per heavy atom. The molecule has 0 amide bonds. The second-order valence-electron chi connectivity index (χ2n) is 1.98. The van der Waals surface area contributed by atoms with Crippen LogP contribution in [0.25, 0.3) is 10.8 Å². The minimum absolute atomic E-state index is 0.178. The summed E-state index contributed by atoms with van der Waals surface area (Å²) < 4.78 is 0. The van der Waals surface area contributed by atoms with E-state index in [9.17, 15) is 9.90 Å². The van der Waals surface area contributed by atoms with Crippen LogP contribution in [0.4, 0.5) is 0 Å². The summed E-state index contributed by atoms with van der Waals surface area (Å²) in [7, 11) is 0. The highest BCUT2D eigenvalue weighted by Gasteiger charge is 1.99.